The van der Waals surface area contributed by atoms with Crippen molar-refractivity contribution in [3.8, 4) is 5.75 Å². The van der Waals surface area contributed by atoms with Gasteiger partial charge in [-0.15, -0.1) is 0 Å². The Kier molecular flexibility index (Phi) is 2.80. The largest absolute Gasteiger partial charge is 0.486 e. The monoisotopic (exact) mass is 169 g/mol. The summed E-state index contributed by atoms with van der Waals surface area (Å²) in [5, 5.41) is 0. The number of rotatable bonds is 3. The summed E-state index contributed by atoms with van der Waals surface area (Å²) < 4.78 is 30.0. The van der Waals surface area contributed by atoms with Crippen molar-refractivity contribution in [1.82, 2.24) is 0 Å². The van der Waals surface area contributed by atoms with E-state index in [2.05, 4.69) is 12.6 Å². The first-order chi connectivity index (χ1) is 5.75. The molecule has 0 aliphatic rings. The van der Waals surface area contributed by atoms with E-state index < -0.39 is 11.6 Å². The van der Waals surface area contributed by atoms with Crippen molar-refractivity contribution in [2.75, 3.05) is 6.61 Å². The molecule has 0 amide bonds. The molecule has 0 saturated heterocycles. The van der Waals surface area contributed by atoms with E-state index in [4.69, 9.17) is 4.74 Å². The zero-order valence-electron chi connectivity index (χ0n) is 6.31. The fourth-order valence-electron chi connectivity index (χ4n) is 0.695. The second-order valence-electron chi connectivity index (χ2n) is 2.07. The molecule has 1 radical (unpaired) electrons. The Labute approximate surface area is 69.3 Å². The Morgan fingerprint density at radius 3 is 3.00 bits per heavy atom. The molecule has 0 aliphatic carbocycles. The lowest BCUT2D eigenvalue weighted by molar-refractivity contribution is 0.332. The minimum absolute atomic E-state index is 0.119. The molecule has 1 aromatic carbocycles. The van der Waals surface area contributed by atoms with Crippen molar-refractivity contribution in [3.05, 3.63) is 42.5 Å². The predicted octanol–water partition coefficient (Wildman–Crippen LogP) is 2.33. The lowest BCUT2D eigenvalue weighted by Gasteiger charge is -2.03. The first-order valence-corrected chi connectivity index (χ1v) is 3.35. The number of hydrogen-bond donors (Lipinski definition) is 0. The van der Waals surface area contributed by atoms with E-state index in [1.807, 2.05) is 0 Å². The maximum Gasteiger partial charge on any atom is 0.201 e. The molecular formula is C9H7F2O. The molecule has 0 N–H and O–H groups in total. The summed E-state index contributed by atoms with van der Waals surface area (Å²) in [4.78, 5) is 0. The molecule has 0 bridgehead atoms. The summed E-state index contributed by atoms with van der Waals surface area (Å²) in [6.07, 6.45) is 1.45. The van der Waals surface area contributed by atoms with Crippen LogP contribution in [0.3, 0.4) is 0 Å². The van der Waals surface area contributed by atoms with Crippen LogP contribution >= 0.6 is 0 Å². The highest BCUT2D eigenvalue weighted by molar-refractivity contribution is 5.24. The summed E-state index contributed by atoms with van der Waals surface area (Å²) in [6, 6.07) is 4.64. The molecule has 1 rings (SSSR count). The summed E-state index contributed by atoms with van der Waals surface area (Å²) in [7, 11) is 0. The summed E-state index contributed by atoms with van der Waals surface area (Å²) in [5.41, 5.74) is 0. The average molecular weight is 169 g/mol. The van der Waals surface area contributed by atoms with Gasteiger partial charge >= 0.3 is 0 Å². The number of halogens is 2. The van der Waals surface area contributed by atoms with Crippen LogP contribution in [-0.4, -0.2) is 6.61 Å². The molecule has 0 saturated carbocycles. The van der Waals surface area contributed by atoms with Crippen LogP contribution in [0.5, 0.6) is 5.75 Å². The highest BCUT2D eigenvalue weighted by Gasteiger charge is 2.07. The fourth-order valence-corrected chi connectivity index (χ4v) is 0.695. The zero-order valence-corrected chi connectivity index (χ0v) is 6.31. The summed E-state index contributed by atoms with van der Waals surface area (Å²) in [6.45, 7) is 3.53. The molecule has 3 heteroatoms. The van der Waals surface area contributed by atoms with Crippen molar-refractivity contribution in [2.45, 2.75) is 0 Å². The van der Waals surface area contributed by atoms with Crippen molar-refractivity contribution >= 4 is 0 Å². The third-order valence-corrected chi connectivity index (χ3v) is 1.21. The molecule has 0 aliphatic heterocycles. The molecular weight excluding hydrogens is 162 g/mol. The van der Waals surface area contributed by atoms with Gasteiger partial charge in [0.1, 0.15) is 6.61 Å². The lowest BCUT2D eigenvalue weighted by atomic mass is 10.3. The topological polar surface area (TPSA) is 9.23 Å². The van der Waals surface area contributed by atoms with E-state index in [0.29, 0.717) is 0 Å². The van der Waals surface area contributed by atoms with Gasteiger partial charge in [0.25, 0.3) is 0 Å². The Morgan fingerprint density at radius 1 is 1.58 bits per heavy atom. The van der Waals surface area contributed by atoms with Gasteiger partial charge in [-0.2, -0.15) is 4.39 Å². The van der Waals surface area contributed by atoms with Crippen LogP contribution in [0, 0.1) is 17.7 Å². The smallest absolute Gasteiger partial charge is 0.201 e. The zero-order chi connectivity index (χ0) is 8.97. The quantitative estimate of drug-likeness (QED) is 0.631. The standard InChI is InChI=1S/C9H7F2O/c1-2-6-12-8-5-3-4-7(10)9(8)11/h2-3,5H,1,6H2. The minimum Gasteiger partial charge on any atom is -0.486 e. The van der Waals surface area contributed by atoms with Crippen LogP contribution in [0.1, 0.15) is 0 Å². The van der Waals surface area contributed by atoms with Crippen LogP contribution in [-0.2, 0) is 0 Å². The second-order valence-corrected chi connectivity index (χ2v) is 2.07. The van der Waals surface area contributed by atoms with Gasteiger partial charge in [0.15, 0.2) is 11.6 Å². The molecule has 0 aromatic heterocycles. The molecule has 12 heavy (non-hydrogen) atoms. The molecule has 0 heterocycles. The van der Waals surface area contributed by atoms with Gasteiger partial charge in [-0.25, -0.2) is 4.39 Å². The maximum atomic E-state index is 12.8. The maximum absolute atomic E-state index is 12.8. The number of ether oxygens (including phenoxy) is 1. The molecule has 0 fully saturated rings. The predicted molar refractivity (Wildman–Crippen MR) is 40.9 cm³/mol. The fraction of sp³-hybridized carbons (Fsp3) is 0.111. The Bertz CT molecular complexity index is 284. The molecule has 0 unspecified atom stereocenters. The van der Waals surface area contributed by atoms with Gasteiger partial charge in [-0.1, -0.05) is 12.7 Å². The Balaban J connectivity index is 2.84. The average Bonchev–Trinajstić information content (AvgIpc) is 2.08. The van der Waals surface area contributed by atoms with Crippen molar-refractivity contribution in [3.63, 3.8) is 0 Å². The number of benzene rings is 1. The van der Waals surface area contributed by atoms with Gasteiger partial charge in [0, 0.05) is 6.07 Å². The molecule has 1 aromatic rings. The third kappa shape index (κ3) is 1.81. The SMILES string of the molecule is C=CCOc1cc[c]c(F)c1F. The van der Waals surface area contributed by atoms with Gasteiger partial charge in [0.05, 0.1) is 0 Å². The van der Waals surface area contributed by atoms with E-state index in [1.165, 1.54) is 18.2 Å². The van der Waals surface area contributed by atoms with E-state index >= 15 is 0 Å². The van der Waals surface area contributed by atoms with Crippen molar-refractivity contribution in [1.29, 1.82) is 0 Å². The van der Waals surface area contributed by atoms with Gasteiger partial charge in [-0.3, -0.25) is 0 Å². The molecule has 0 atom stereocenters. The molecule has 1 nitrogen and oxygen atoms in total. The Hall–Kier alpha value is -1.38. The van der Waals surface area contributed by atoms with Gasteiger partial charge in [-0.05, 0) is 12.1 Å². The van der Waals surface area contributed by atoms with E-state index in [9.17, 15) is 8.78 Å². The van der Waals surface area contributed by atoms with Crippen LogP contribution in [0.2, 0.25) is 0 Å². The van der Waals surface area contributed by atoms with E-state index in [1.54, 1.807) is 0 Å². The number of hydrogen-bond acceptors (Lipinski definition) is 1. The second kappa shape index (κ2) is 3.85. The normalized spacial score (nSPS) is 9.50. The van der Waals surface area contributed by atoms with E-state index in [0.717, 1.165) is 0 Å². The van der Waals surface area contributed by atoms with Crippen LogP contribution in [0.15, 0.2) is 24.8 Å². The Morgan fingerprint density at radius 2 is 2.33 bits per heavy atom. The summed E-state index contributed by atoms with van der Waals surface area (Å²) in [5.74, 6) is -2.16. The molecule has 63 valence electrons. The van der Waals surface area contributed by atoms with Crippen LogP contribution in [0.25, 0.3) is 0 Å². The highest BCUT2D eigenvalue weighted by atomic mass is 19.2. The van der Waals surface area contributed by atoms with Gasteiger partial charge in [0.2, 0.25) is 5.82 Å². The van der Waals surface area contributed by atoms with Crippen LogP contribution in [0.4, 0.5) is 8.78 Å². The van der Waals surface area contributed by atoms with Crippen molar-refractivity contribution in [2.24, 2.45) is 0 Å². The highest BCUT2D eigenvalue weighted by Crippen LogP contribution is 2.18. The lowest BCUT2D eigenvalue weighted by Crippen LogP contribution is -1.97. The first kappa shape index (κ1) is 8.71. The van der Waals surface area contributed by atoms with Crippen LogP contribution < -0.4 is 4.74 Å². The minimum atomic E-state index is -1.03. The molecule has 0 spiro atoms. The van der Waals surface area contributed by atoms with Crippen molar-refractivity contribution < 1.29 is 13.5 Å². The third-order valence-electron chi connectivity index (χ3n) is 1.21. The van der Waals surface area contributed by atoms with Gasteiger partial charge < -0.3 is 4.74 Å². The van der Waals surface area contributed by atoms with E-state index in [-0.39, 0.29) is 12.4 Å². The summed E-state index contributed by atoms with van der Waals surface area (Å²) >= 11 is 0. The first-order valence-electron chi connectivity index (χ1n) is 3.35.